The summed E-state index contributed by atoms with van der Waals surface area (Å²) in [7, 11) is 0. The lowest BCUT2D eigenvalue weighted by molar-refractivity contribution is 0.102. The van der Waals surface area contributed by atoms with Gasteiger partial charge in [0.15, 0.2) is 0 Å². The zero-order valence-electron chi connectivity index (χ0n) is 17.0. The topological polar surface area (TPSA) is 55.8 Å². The highest BCUT2D eigenvalue weighted by molar-refractivity contribution is 6.40. The van der Waals surface area contributed by atoms with Crippen molar-refractivity contribution >= 4 is 34.8 Å². The van der Waals surface area contributed by atoms with Gasteiger partial charge in [-0.2, -0.15) is 0 Å². The minimum absolute atomic E-state index is 0.260. The molecule has 5 nitrogen and oxygen atoms in total. The first-order valence-corrected chi connectivity index (χ1v) is 11.3. The van der Waals surface area contributed by atoms with Gasteiger partial charge in [0.05, 0.1) is 15.6 Å². The Morgan fingerprint density at radius 2 is 1.37 bits per heavy atom. The lowest BCUT2D eigenvalue weighted by atomic mass is 10.1. The molecule has 2 aromatic rings. The highest BCUT2D eigenvalue weighted by Crippen LogP contribution is 2.32. The van der Waals surface area contributed by atoms with Crippen LogP contribution in [0.15, 0.2) is 30.3 Å². The van der Waals surface area contributed by atoms with Gasteiger partial charge in [-0.25, -0.2) is 0 Å². The van der Waals surface area contributed by atoms with Crippen LogP contribution in [0.2, 0.25) is 10.0 Å². The zero-order chi connectivity index (χ0) is 21.1. The summed E-state index contributed by atoms with van der Waals surface area (Å²) in [6.07, 6.45) is 4.73. The van der Waals surface area contributed by atoms with Crippen LogP contribution in [0.1, 0.15) is 47.2 Å². The summed E-state index contributed by atoms with van der Waals surface area (Å²) in [4.78, 5) is 17.6. The first-order valence-electron chi connectivity index (χ1n) is 10.6. The van der Waals surface area contributed by atoms with Crippen molar-refractivity contribution in [1.29, 1.82) is 0 Å². The molecular weight excluding hydrogens is 421 g/mol. The number of carbonyl (C=O) groups excluding carboxylic acids is 1. The number of nitrogens with zero attached hydrogens (tertiary/aromatic N) is 2. The van der Waals surface area contributed by atoms with Crippen LogP contribution in [-0.4, -0.2) is 47.0 Å². The second-order valence-corrected chi connectivity index (χ2v) is 8.97. The molecule has 4 rings (SSSR count). The van der Waals surface area contributed by atoms with Gasteiger partial charge in [-0.15, -0.1) is 0 Å². The molecule has 0 spiro atoms. The Labute approximate surface area is 187 Å². The van der Waals surface area contributed by atoms with Crippen molar-refractivity contribution in [3.8, 4) is 5.75 Å². The Morgan fingerprint density at radius 3 is 1.83 bits per heavy atom. The number of phenolic OH excluding ortho intramolecular Hbond substituents is 1. The standard InChI is InChI=1S/C23H27Cl2N3O2/c24-19-6-5-7-20(25)21(19)23(30)26-18-12-16(14-27-8-1-2-9-27)22(29)17(13-18)15-28-10-3-4-11-28/h5-7,12-13,29H,1-4,8-11,14-15H2,(H,26,30). The number of amides is 1. The fourth-order valence-corrected chi connectivity index (χ4v) is 4.91. The molecule has 2 aromatic carbocycles. The van der Waals surface area contributed by atoms with Crippen LogP contribution in [0.3, 0.4) is 0 Å². The summed E-state index contributed by atoms with van der Waals surface area (Å²) in [6, 6.07) is 8.74. The van der Waals surface area contributed by atoms with E-state index >= 15 is 0 Å². The highest BCUT2D eigenvalue weighted by atomic mass is 35.5. The number of phenols is 1. The number of rotatable bonds is 6. The van der Waals surface area contributed by atoms with Crippen LogP contribution in [-0.2, 0) is 13.1 Å². The average molecular weight is 448 g/mol. The van der Waals surface area contributed by atoms with Crippen molar-refractivity contribution in [2.24, 2.45) is 0 Å². The van der Waals surface area contributed by atoms with E-state index < -0.39 is 0 Å². The summed E-state index contributed by atoms with van der Waals surface area (Å²) >= 11 is 12.4. The monoisotopic (exact) mass is 447 g/mol. The van der Waals surface area contributed by atoms with Gasteiger partial charge >= 0.3 is 0 Å². The van der Waals surface area contributed by atoms with Gasteiger partial charge in [0, 0.05) is 29.9 Å². The van der Waals surface area contributed by atoms with E-state index in [1.807, 2.05) is 12.1 Å². The number of nitrogens with one attached hydrogen (secondary N) is 1. The molecule has 2 aliphatic rings. The van der Waals surface area contributed by atoms with Crippen molar-refractivity contribution in [3.63, 3.8) is 0 Å². The lowest BCUT2D eigenvalue weighted by Gasteiger charge is -2.21. The van der Waals surface area contributed by atoms with E-state index in [-0.39, 0.29) is 11.5 Å². The van der Waals surface area contributed by atoms with Gasteiger partial charge in [0.25, 0.3) is 5.91 Å². The smallest absolute Gasteiger partial charge is 0.258 e. The van der Waals surface area contributed by atoms with Crippen LogP contribution in [0.25, 0.3) is 0 Å². The third kappa shape index (κ3) is 4.92. The first kappa shape index (κ1) is 21.4. The molecule has 0 atom stereocenters. The van der Waals surface area contributed by atoms with E-state index in [1.165, 1.54) is 25.7 Å². The predicted octanol–water partition coefficient (Wildman–Crippen LogP) is 5.14. The second kappa shape index (κ2) is 9.56. The van der Waals surface area contributed by atoms with Crippen LogP contribution >= 0.6 is 23.2 Å². The van der Waals surface area contributed by atoms with Gasteiger partial charge in [0.2, 0.25) is 0 Å². The van der Waals surface area contributed by atoms with E-state index in [0.29, 0.717) is 34.6 Å². The molecule has 0 radical (unpaired) electrons. The maximum atomic E-state index is 12.9. The Kier molecular flexibility index (Phi) is 6.84. The SMILES string of the molecule is O=C(Nc1cc(CN2CCCC2)c(O)c(CN2CCCC2)c1)c1c(Cl)cccc1Cl. The molecule has 0 bridgehead atoms. The van der Waals surface area contributed by atoms with E-state index in [9.17, 15) is 9.90 Å². The summed E-state index contributed by atoms with van der Waals surface area (Å²) in [6.45, 7) is 5.49. The molecule has 2 N–H and O–H groups in total. The maximum Gasteiger partial charge on any atom is 0.258 e. The molecule has 2 fully saturated rings. The molecule has 160 valence electrons. The van der Waals surface area contributed by atoms with Gasteiger partial charge in [-0.05, 0) is 76.1 Å². The molecule has 7 heteroatoms. The Morgan fingerprint density at radius 1 is 0.900 bits per heavy atom. The van der Waals surface area contributed by atoms with Crippen molar-refractivity contribution in [3.05, 3.63) is 57.1 Å². The lowest BCUT2D eigenvalue weighted by Crippen LogP contribution is -2.21. The average Bonchev–Trinajstić information content (AvgIpc) is 3.39. The van der Waals surface area contributed by atoms with Crippen LogP contribution < -0.4 is 5.32 Å². The normalized spacial score (nSPS) is 17.5. The van der Waals surface area contributed by atoms with Crippen molar-refractivity contribution in [2.45, 2.75) is 38.8 Å². The fraction of sp³-hybridized carbons (Fsp3) is 0.435. The zero-order valence-corrected chi connectivity index (χ0v) is 18.5. The van der Waals surface area contributed by atoms with Gasteiger partial charge in [0.1, 0.15) is 5.75 Å². The van der Waals surface area contributed by atoms with Gasteiger partial charge < -0.3 is 10.4 Å². The van der Waals surface area contributed by atoms with Crippen LogP contribution in [0.4, 0.5) is 5.69 Å². The Bertz CT molecular complexity index is 863. The van der Waals surface area contributed by atoms with Gasteiger partial charge in [-0.1, -0.05) is 29.3 Å². The number of hydrogen-bond acceptors (Lipinski definition) is 4. The summed E-state index contributed by atoms with van der Waals surface area (Å²) in [5, 5.41) is 14.5. The number of hydrogen-bond donors (Lipinski definition) is 2. The molecule has 1 amide bonds. The summed E-state index contributed by atoms with van der Waals surface area (Å²) in [5.74, 6) is -0.0156. The molecule has 2 heterocycles. The molecule has 2 aliphatic heterocycles. The molecule has 30 heavy (non-hydrogen) atoms. The number of aromatic hydroxyl groups is 1. The van der Waals surface area contributed by atoms with Crippen molar-refractivity contribution in [2.75, 3.05) is 31.5 Å². The third-order valence-corrected chi connectivity index (χ3v) is 6.53. The quantitative estimate of drug-likeness (QED) is 0.601. The summed E-state index contributed by atoms with van der Waals surface area (Å²) < 4.78 is 0. The van der Waals surface area contributed by atoms with E-state index in [4.69, 9.17) is 23.2 Å². The molecule has 0 saturated carbocycles. The van der Waals surface area contributed by atoms with E-state index in [0.717, 1.165) is 37.3 Å². The number of halogens is 2. The number of benzene rings is 2. The Balaban J connectivity index is 1.62. The molecular formula is C23H27Cl2N3O2. The van der Waals surface area contributed by atoms with E-state index in [1.54, 1.807) is 18.2 Å². The molecule has 0 aromatic heterocycles. The van der Waals surface area contributed by atoms with Crippen molar-refractivity contribution in [1.82, 2.24) is 9.80 Å². The fourth-order valence-electron chi connectivity index (χ4n) is 4.34. The van der Waals surface area contributed by atoms with Crippen LogP contribution in [0.5, 0.6) is 5.75 Å². The minimum Gasteiger partial charge on any atom is -0.507 e. The van der Waals surface area contributed by atoms with Crippen molar-refractivity contribution < 1.29 is 9.90 Å². The molecule has 0 unspecified atom stereocenters. The maximum absolute atomic E-state index is 12.9. The summed E-state index contributed by atoms with van der Waals surface area (Å²) in [5.41, 5.74) is 2.59. The third-order valence-electron chi connectivity index (χ3n) is 5.90. The minimum atomic E-state index is -0.351. The molecule has 2 saturated heterocycles. The first-order chi connectivity index (χ1) is 14.5. The van der Waals surface area contributed by atoms with Crippen LogP contribution in [0, 0.1) is 0 Å². The highest BCUT2D eigenvalue weighted by Gasteiger charge is 2.21. The largest absolute Gasteiger partial charge is 0.507 e. The second-order valence-electron chi connectivity index (χ2n) is 8.16. The Hall–Kier alpha value is -1.79. The number of carbonyl (C=O) groups is 1. The van der Waals surface area contributed by atoms with Gasteiger partial charge in [-0.3, -0.25) is 14.6 Å². The number of likely N-dealkylation sites (tertiary alicyclic amines) is 2. The molecule has 0 aliphatic carbocycles. The predicted molar refractivity (Wildman–Crippen MR) is 122 cm³/mol. The number of anilines is 1. The van der Waals surface area contributed by atoms with E-state index in [2.05, 4.69) is 15.1 Å².